The van der Waals surface area contributed by atoms with Crippen LogP contribution in [0.2, 0.25) is 0 Å². The molecule has 0 radical (unpaired) electrons. The Labute approximate surface area is 128 Å². The van der Waals surface area contributed by atoms with E-state index in [0.717, 1.165) is 38.8 Å². The Kier molecular flexibility index (Phi) is 7.30. The molecule has 1 saturated heterocycles. The minimum absolute atomic E-state index is 0.0616. The molecule has 1 saturated carbocycles. The largest absolute Gasteiger partial charge is 0.379 e. The summed E-state index contributed by atoms with van der Waals surface area (Å²) in [6, 6.07) is 0.0962. The van der Waals surface area contributed by atoms with E-state index in [-0.39, 0.29) is 18.2 Å². The van der Waals surface area contributed by atoms with Crippen molar-refractivity contribution < 1.29 is 14.3 Å². The van der Waals surface area contributed by atoms with Gasteiger partial charge in [0, 0.05) is 20.3 Å². The first kappa shape index (κ1) is 16.6. The molecule has 2 N–H and O–H groups in total. The summed E-state index contributed by atoms with van der Waals surface area (Å²) in [6.07, 6.45) is 10.7. The quantitative estimate of drug-likeness (QED) is 0.741. The van der Waals surface area contributed by atoms with E-state index in [2.05, 4.69) is 10.6 Å². The lowest BCUT2D eigenvalue weighted by Crippen LogP contribution is -2.49. The summed E-state index contributed by atoms with van der Waals surface area (Å²) < 4.78 is 11.1. The summed E-state index contributed by atoms with van der Waals surface area (Å²) >= 11 is 0. The minimum atomic E-state index is -0.0616. The summed E-state index contributed by atoms with van der Waals surface area (Å²) in [7, 11) is 1.73. The molecular weight excluding hydrogens is 268 g/mol. The van der Waals surface area contributed by atoms with Gasteiger partial charge < -0.3 is 20.1 Å². The number of nitrogens with one attached hydrogen (secondary N) is 2. The second-order valence-electron chi connectivity index (χ2n) is 6.20. The Morgan fingerprint density at radius 2 is 2.00 bits per heavy atom. The van der Waals surface area contributed by atoms with Crippen LogP contribution in [0.3, 0.4) is 0 Å². The number of urea groups is 1. The van der Waals surface area contributed by atoms with E-state index in [0.29, 0.717) is 6.10 Å². The molecule has 0 aromatic rings. The monoisotopic (exact) mass is 298 g/mol. The Bertz CT molecular complexity index is 306. The summed E-state index contributed by atoms with van der Waals surface area (Å²) in [5, 5.41) is 6.01. The number of carbonyl (C=O) groups is 1. The van der Waals surface area contributed by atoms with Crippen LogP contribution in [0, 0.1) is 0 Å². The lowest BCUT2D eigenvalue weighted by molar-refractivity contribution is 0.0103. The van der Waals surface area contributed by atoms with Gasteiger partial charge in [0.1, 0.15) is 0 Å². The van der Waals surface area contributed by atoms with Crippen molar-refractivity contribution in [2.45, 2.75) is 76.0 Å². The van der Waals surface area contributed by atoms with Crippen molar-refractivity contribution in [1.29, 1.82) is 0 Å². The van der Waals surface area contributed by atoms with Gasteiger partial charge >= 0.3 is 6.03 Å². The fourth-order valence-corrected chi connectivity index (χ4v) is 3.33. The van der Waals surface area contributed by atoms with Gasteiger partial charge in [0.05, 0.1) is 18.2 Å². The Morgan fingerprint density at radius 1 is 1.19 bits per heavy atom. The molecule has 0 aromatic carbocycles. The molecule has 2 rings (SSSR count). The van der Waals surface area contributed by atoms with E-state index in [1.165, 1.54) is 32.1 Å². The number of methoxy groups -OCH3 is 1. The van der Waals surface area contributed by atoms with Crippen LogP contribution in [0.15, 0.2) is 0 Å². The van der Waals surface area contributed by atoms with Crippen LogP contribution in [0.4, 0.5) is 4.79 Å². The second-order valence-corrected chi connectivity index (χ2v) is 6.20. The van der Waals surface area contributed by atoms with Crippen LogP contribution in [0.5, 0.6) is 0 Å². The van der Waals surface area contributed by atoms with Gasteiger partial charge in [-0.1, -0.05) is 12.8 Å². The standard InChI is InChI=1S/C16H30N2O3/c1-20-15-10-3-2-9-14(15)18-16(19)17-11-6-8-13-7-4-5-12-21-13/h13-15H,2-12H2,1H3,(H2,17,18,19)/t13-,14-,15-/m1/s1. The van der Waals surface area contributed by atoms with Gasteiger partial charge in [0.15, 0.2) is 0 Å². The molecule has 2 fully saturated rings. The van der Waals surface area contributed by atoms with E-state index >= 15 is 0 Å². The highest BCUT2D eigenvalue weighted by Crippen LogP contribution is 2.20. The molecule has 21 heavy (non-hydrogen) atoms. The summed E-state index contributed by atoms with van der Waals surface area (Å²) in [4.78, 5) is 11.9. The van der Waals surface area contributed by atoms with Crippen molar-refractivity contribution in [3.8, 4) is 0 Å². The van der Waals surface area contributed by atoms with Crippen molar-refractivity contribution in [3.63, 3.8) is 0 Å². The predicted octanol–water partition coefficient (Wildman–Crippen LogP) is 2.59. The molecule has 0 spiro atoms. The van der Waals surface area contributed by atoms with E-state index in [1.807, 2.05) is 0 Å². The maximum atomic E-state index is 11.9. The summed E-state index contributed by atoms with van der Waals surface area (Å²) in [5.41, 5.74) is 0. The zero-order chi connectivity index (χ0) is 14.9. The molecule has 5 heteroatoms. The summed E-state index contributed by atoms with van der Waals surface area (Å²) in [5.74, 6) is 0. The van der Waals surface area contributed by atoms with Crippen LogP contribution in [-0.2, 0) is 9.47 Å². The summed E-state index contributed by atoms with van der Waals surface area (Å²) in [6.45, 7) is 1.62. The smallest absolute Gasteiger partial charge is 0.315 e. The van der Waals surface area contributed by atoms with Gasteiger partial charge in [0.25, 0.3) is 0 Å². The fourth-order valence-electron chi connectivity index (χ4n) is 3.33. The maximum Gasteiger partial charge on any atom is 0.315 e. The number of ether oxygens (including phenoxy) is 2. The first-order chi connectivity index (χ1) is 10.3. The van der Waals surface area contributed by atoms with E-state index in [1.54, 1.807) is 7.11 Å². The fraction of sp³-hybridized carbons (Fsp3) is 0.938. The normalized spacial score (nSPS) is 29.9. The van der Waals surface area contributed by atoms with Crippen molar-refractivity contribution in [2.75, 3.05) is 20.3 Å². The number of carbonyl (C=O) groups excluding carboxylic acids is 1. The van der Waals surface area contributed by atoms with E-state index < -0.39 is 0 Å². The van der Waals surface area contributed by atoms with Gasteiger partial charge in [0.2, 0.25) is 0 Å². The molecule has 3 atom stereocenters. The Hall–Kier alpha value is -0.810. The highest BCUT2D eigenvalue weighted by atomic mass is 16.5. The van der Waals surface area contributed by atoms with Crippen LogP contribution in [-0.4, -0.2) is 44.5 Å². The molecule has 2 amide bonds. The number of hydrogen-bond acceptors (Lipinski definition) is 3. The van der Waals surface area contributed by atoms with E-state index in [9.17, 15) is 4.79 Å². The lowest BCUT2D eigenvalue weighted by Gasteiger charge is -2.31. The third kappa shape index (κ3) is 5.83. The number of amides is 2. The van der Waals surface area contributed by atoms with Crippen LogP contribution >= 0.6 is 0 Å². The van der Waals surface area contributed by atoms with Gasteiger partial charge in [-0.25, -0.2) is 4.79 Å². The topological polar surface area (TPSA) is 59.6 Å². The zero-order valence-electron chi connectivity index (χ0n) is 13.2. The molecule has 1 heterocycles. The molecule has 0 bridgehead atoms. The molecular formula is C16H30N2O3. The third-order valence-corrected chi connectivity index (χ3v) is 4.58. The molecule has 1 aliphatic heterocycles. The van der Waals surface area contributed by atoms with Crippen molar-refractivity contribution in [3.05, 3.63) is 0 Å². The Morgan fingerprint density at radius 3 is 2.76 bits per heavy atom. The molecule has 0 unspecified atom stereocenters. The van der Waals surface area contributed by atoms with Crippen molar-refractivity contribution >= 4 is 6.03 Å². The number of hydrogen-bond donors (Lipinski definition) is 2. The predicted molar refractivity (Wildman–Crippen MR) is 82.4 cm³/mol. The first-order valence-electron chi connectivity index (χ1n) is 8.48. The van der Waals surface area contributed by atoms with Crippen molar-refractivity contribution in [1.82, 2.24) is 10.6 Å². The van der Waals surface area contributed by atoms with Crippen LogP contribution in [0.1, 0.15) is 57.8 Å². The van der Waals surface area contributed by atoms with Crippen LogP contribution in [0.25, 0.3) is 0 Å². The minimum Gasteiger partial charge on any atom is -0.379 e. The highest BCUT2D eigenvalue weighted by Gasteiger charge is 2.26. The molecule has 0 aromatic heterocycles. The van der Waals surface area contributed by atoms with Gasteiger partial charge in [-0.05, 0) is 44.9 Å². The van der Waals surface area contributed by atoms with Gasteiger partial charge in [-0.2, -0.15) is 0 Å². The average Bonchev–Trinajstić information content (AvgIpc) is 2.53. The molecule has 2 aliphatic rings. The van der Waals surface area contributed by atoms with Gasteiger partial charge in [-0.15, -0.1) is 0 Å². The first-order valence-corrected chi connectivity index (χ1v) is 8.48. The lowest BCUT2D eigenvalue weighted by atomic mass is 9.92. The molecule has 122 valence electrons. The molecule has 5 nitrogen and oxygen atoms in total. The Balaban J connectivity index is 1.56. The number of rotatable bonds is 6. The van der Waals surface area contributed by atoms with E-state index in [4.69, 9.17) is 9.47 Å². The van der Waals surface area contributed by atoms with Crippen molar-refractivity contribution in [2.24, 2.45) is 0 Å². The van der Waals surface area contributed by atoms with Crippen LogP contribution < -0.4 is 10.6 Å². The SMILES string of the molecule is CO[C@@H]1CCCC[C@H]1NC(=O)NCCC[C@H]1CCCCO1. The maximum absolute atomic E-state index is 11.9. The third-order valence-electron chi connectivity index (χ3n) is 4.58. The highest BCUT2D eigenvalue weighted by molar-refractivity contribution is 5.74. The molecule has 1 aliphatic carbocycles. The van der Waals surface area contributed by atoms with Gasteiger partial charge in [-0.3, -0.25) is 0 Å². The zero-order valence-corrected chi connectivity index (χ0v) is 13.2. The average molecular weight is 298 g/mol. The second kappa shape index (κ2) is 9.26.